The van der Waals surface area contributed by atoms with E-state index in [1.54, 1.807) is 0 Å². The first-order chi connectivity index (χ1) is 11.9. The van der Waals surface area contributed by atoms with E-state index in [9.17, 15) is 0 Å². The second-order valence-corrected chi connectivity index (χ2v) is 6.25. The number of nitrogens with one attached hydrogen (secondary N) is 1. The van der Waals surface area contributed by atoms with E-state index in [-0.39, 0.29) is 0 Å². The molecule has 1 aliphatic heterocycles. The number of imidazole rings is 1. The van der Waals surface area contributed by atoms with Crippen LogP contribution >= 0.6 is 0 Å². The number of benzene rings is 1. The van der Waals surface area contributed by atoms with Gasteiger partial charge in [0.2, 0.25) is 0 Å². The van der Waals surface area contributed by atoms with E-state index in [4.69, 9.17) is 4.98 Å². The summed E-state index contributed by atoms with van der Waals surface area (Å²) in [4.78, 5) is 9.08. The summed E-state index contributed by atoms with van der Waals surface area (Å²) in [6.07, 6.45) is 9.28. The fourth-order valence-corrected chi connectivity index (χ4v) is 3.54. The van der Waals surface area contributed by atoms with Crippen LogP contribution in [0, 0.1) is 0 Å². The Morgan fingerprint density at radius 2 is 2.04 bits per heavy atom. The number of rotatable bonds is 3. The fraction of sp³-hybridized carbons (Fsp3) is 0.278. The number of para-hydroxylation sites is 2. The van der Waals surface area contributed by atoms with Gasteiger partial charge in [-0.2, -0.15) is 5.10 Å². The van der Waals surface area contributed by atoms with Crippen molar-refractivity contribution >= 4 is 22.4 Å². The molecule has 120 valence electrons. The molecule has 1 aromatic carbocycles. The van der Waals surface area contributed by atoms with Crippen LogP contribution < -0.4 is 5.32 Å². The molecule has 4 aromatic rings. The Morgan fingerprint density at radius 1 is 1.08 bits per heavy atom. The van der Waals surface area contributed by atoms with Gasteiger partial charge in [0.1, 0.15) is 5.52 Å². The minimum Gasteiger partial charge on any atom is -0.364 e. The first kappa shape index (κ1) is 13.5. The first-order valence-corrected chi connectivity index (χ1v) is 8.38. The van der Waals surface area contributed by atoms with Crippen LogP contribution in [0.3, 0.4) is 0 Å². The summed E-state index contributed by atoms with van der Waals surface area (Å²) in [6.45, 7) is 1.78. The molecule has 4 heterocycles. The topological polar surface area (TPSA) is 60.0 Å². The van der Waals surface area contributed by atoms with Crippen molar-refractivity contribution in [3.05, 3.63) is 54.2 Å². The minimum atomic E-state index is 0.738. The van der Waals surface area contributed by atoms with Gasteiger partial charge in [0, 0.05) is 24.3 Å². The van der Waals surface area contributed by atoms with Crippen molar-refractivity contribution < 1.29 is 0 Å². The Hall–Kier alpha value is -2.89. The van der Waals surface area contributed by atoms with Crippen molar-refractivity contribution in [2.75, 3.05) is 5.32 Å². The highest BCUT2D eigenvalue weighted by atomic mass is 15.3. The number of aryl methyl sites for hydroxylation is 1. The molecule has 0 radical (unpaired) electrons. The Morgan fingerprint density at radius 3 is 3.04 bits per heavy atom. The van der Waals surface area contributed by atoms with Crippen molar-refractivity contribution in [3.63, 3.8) is 0 Å². The van der Waals surface area contributed by atoms with Gasteiger partial charge in [0.05, 0.1) is 29.8 Å². The van der Waals surface area contributed by atoms with Crippen LogP contribution in [0.5, 0.6) is 0 Å². The van der Waals surface area contributed by atoms with Gasteiger partial charge in [0.25, 0.3) is 0 Å². The molecule has 3 aromatic heterocycles. The Bertz CT molecular complexity index is 1030. The van der Waals surface area contributed by atoms with E-state index in [2.05, 4.69) is 30.5 Å². The molecule has 0 saturated carbocycles. The highest BCUT2D eigenvalue weighted by molar-refractivity contribution is 5.84. The smallest absolute Gasteiger partial charge is 0.153 e. The number of anilines is 1. The first-order valence-electron chi connectivity index (χ1n) is 8.38. The molecule has 0 spiro atoms. The third-order valence-corrected chi connectivity index (χ3v) is 4.77. The van der Waals surface area contributed by atoms with Crippen molar-refractivity contribution in [1.82, 2.24) is 24.1 Å². The van der Waals surface area contributed by atoms with E-state index in [0.29, 0.717) is 0 Å². The van der Waals surface area contributed by atoms with E-state index in [1.165, 1.54) is 24.1 Å². The lowest BCUT2D eigenvalue weighted by Gasteiger charge is -2.15. The molecule has 0 fully saturated rings. The average molecular weight is 318 g/mol. The zero-order valence-electron chi connectivity index (χ0n) is 13.3. The van der Waals surface area contributed by atoms with Gasteiger partial charge < -0.3 is 5.32 Å². The van der Waals surface area contributed by atoms with E-state index >= 15 is 0 Å². The van der Waals surface area contributed by atoms with Gasteiger partial charge in [0.15, 0.2) is 5.82 Å². The lowest BCUT2D eigenvalue weighted by molar-refractivity contribution is 0.484. The molecule has 0 atom stereocenters. The summed E-state index contributed by atoms with van der Waals surface area (Å²) in [5, 5.41) is 8.00. The summed E-state index contributed by atoms with van der Waals surface area (Å²) in [5.74, 6) is 0.863. The molecular formula is C18H18N6. The third-order valence-electron chi connectivity index (χ3n) is 4.77. The SMILES string of the molecule is c1ccc2c(c1)nc(NCc1cnn3c1CCCC3)c1cncn12. The predicted octanol–water partition coefficient (Wildman–Crippen LogP) is 3.03. The minimum absolute atomic E-state index is 0.738. The summed E-state index contributed by atoms with van der Waals surface area (Å²) in [5.41, 5.74) is 5.65. The molecule has 24 heavy (non-hydrogen) atoms. The number of aromatic nitrogens is 5. The fourth-order valence-electron chi connectivity index (χ4n) is 3.54. The number of fused-ring (bicyclic) bond motifs is 4. The lowest BCUT2D eigenvalue weighted by Crippen LogP contribution is -2.13. The third kappa shape index (κ3) is 2.06. The summed E-state index contributed by atoms with van der Waals surface area (Å²) >= 11 is 0. The highest BCUT2D eigenvalue weighted by Gasteiger charge is 2.15. The molecule has 1 N–H and O–H groups in total. The van der Waals surface area contributed by atoms with E-state index in [1.807, 2.05) is 36.9 Å². The molecule has 0 aliphatic carbocycles. The second-order valence-electron chi connectivity index (χ2n) is 6.25. The predicted molar refractivity (Wildman–Crippen MR) is 93.0 cm³/mol. The van der Waals surface area contributed by atoms with Crippen LogP contribution in [-0.2, 0) is 19.5 Å². The molecule has 5 rings (SSSR count). The number of nitrogens with zero attached hydrogens (tertiary/aromatic N) is 5. The average Bonchev–Trinajstić information content (AvgIpc) is 3.27. The molecule has 0 unspecified atom stereocenters. The zero-order chi connectivity index (χ0) is 15.9. The van der Waals surface area contributed by atoms with Crippen LogP contribution in [0.15, 0.2) is 43.0 Å². The van der Waals surface area contributed by atoms with Crippen LogP contribution in [0.25, 0.3) is 16.6 Å². The quantitative estimate of drug-likeness (QED) is 0.631. The molecular weight excluding hydrogens is 300 g/mol. The Kier molecular flexibility index (Phi) is 3.01. The Labute approximate surface area is 139 Å². The van der Waals surface area contributed by atoms with Crippen molar-refractivity contribution in [1.29, 1.82) is 0 Å². The van der Waals surface area contributed by atoms with Gasteiger partial charge in [-0.25, -0.2) is 9.97 Å². The van der Waals surface area contributed by atoms with Crippen LogP contribution in [0.2, 0.25) is 0 Å². The normalized spacial score (nSPS) is 14.2. The summed E-state index contributed by atoms with van der Waals surface area (Å²) in [7, 11) is 0. The lowest BCUT2D eigenvalue weighted by atomic mass is 10.1. The molecule has 0 amide bonds. The van der Waals surface area contributed by atoms with Gasteiger partial charge in [-0.1, -0.05) is 12.1 Å². The van der Waals surface area contributed by atoms with E-state index < -0.39 is 0 Å². The van der Waals surface area contributed by atoms with E-state index in [0.717, 1.165) is 41.9 Å². The molecule has 6 heteroatoms. The van der Waals surface area contributed by atoms with Gasteiger partial charge in [-0.15, -0.1) is 0 Å². The molecule has 1 aliphatic rings. The standard InChI is InChI=1S/C18H18N6/c1-2-7-16-14(5-1)22-18(17-11-19-12-23(16)17)20-9-13-10-21-24-8-4-3-6-15(13)24/h1-2,5,7,10-12H,3-4,6,8-9H2,(H,20,22). The zero-order valence-corrected chi connectivity index (χ0v) is 13.3. The number of hydrogen-bond donors (Lipinski definition) is 1. The monoisotopic (exact) mass is 318 g/mol. The van der Waals surface area contributed by atoms with Gasteiger partial charge in [-0.3, -0.25) is 9.08 Å². The van der Waals surface area contributed by atoms with Gasteiger partial charge in [-0.05, 0) is 31.4 Å². The Balaban J connectivity index is 1.52. The maximum Gasteiger partial charge on any atom is 0.153 e. The van der Waals surface area contributed by atoms with Crippen LogP contribution in [-0.4, -0.2) is 24.1 Å². The van der Waals surface area contributed by atoms with Crippen LogP contribution in [0.1, 0.15) is 24.1 Å². The second kappa shape index (κ2) is 5.33. The van der Waals surface area contributed by atoms with Crippen molar-refractivity contribution in [2.45, 2.75) is 32.4 Å². The largest absolute Gasteiger partial charge is 0.364 e. The number of hydrogen-bond acceptors (Lipinski definition) is 4. The van der Waals surface area contributed by atoms with Crippen molar-refractivity contribution in [2.24, 2.45) is 0 Å². The molecule has 0 bridgehead atoms. The van der Waals surface area contributed by atoms with Crippen molar-refractivity contribution in [3.8, 4) is 0 Å². The highest BCUT2D eigenvalue weighted by Crippen LogP contribution is 2.23. The summed E-state index contributed by atoms with van der Waals surface area (Å²) < 4.78 is 4.22. The maximum absolute atomic E-state index is 4.79. The van der Waals surface area contributed by atoms with Crippen LogP contribution in [0.4, 0.5) is 5.82 Å². The molecule has 6 nitrogen and oxygen atoms in total. The maximum atomic E-state index is 4.79. The van der Waals surface area contributed by atoms with Gasteiger partial charge >= 0.3 is 0 Å². The molecule has 0 saturated heterocycles. The summed E-state index contributed by atoms with van der Waals surface area (Å²) in [6, 6.07) is 8.13.